The second-order valence-electron chi connectivity index (χ2n) is 5.43. The number of hydrazine groups is 1. The Kier molecular flexibility index (Phi) is 3.48. The molecule has 0 aromatic carbocycles. The Balaban J connectivity index is 2.09. The third kappa shape index (κ3) is 3.05. The lowest BCUT2D eigenvalue weighted by molar-refractivity contribution is -0.153. The minimum absolute atomic E-state index is 0.158. The van der Waals surface area contributed by atoms with Crippen molar-refractivity contribution < 1.29 is 9.59 Å². The van der Waals surface area contributed by atoms with E-state index in [4.69, 9.17) is 5.84 Å². The molecule has 0 unspecified atom stereocenters. The maximum atomic E-state index is 12.0. The number of amides is 2. The third-order valence-corrected chi connectivity index (χ3v) is 3.03. The monoisotopic (exact) mass is 263 g/mol. The lowest BCUT2D eigenvalue weighted by Crippen LogP contribution is -2.45. The lowest BCUT2D eigenvalue weighted by Gasteiger charge is -2.34. The topological polar surface area (TPSA) is 101 Å². The molecule has 0 atom stereocenters. The number of aromatic nitrogens is 2. The van der Waals surface area contributed by atoms with Gasteiger partial charge in [-0.15, -0.1) is 0 Å². The Bertz CT molecular complexity index is 477. The smallest absolute Gasteiger partial charge is 0.230 e. The molecule has 1 aromatic rings. The van der Waals surface area contributed by atoms with E-state index in [1.165, 1.54) is 17.3 Å². The molecule has 0 spiro atoms. The van der Waals surface area contributed by atoms with Gasteiger partial charge < -0.3 is 5.43 Å². The van der Waals surface area contributed by atoms with Gasteiger partial charge in [0, 0.05) is 12.8 Å². The van der Waals surface area contributed by atoms with Gasteiger partial charge in [-0.1, -0.05) is 13.8 Å². The second kappa shape index (κ2) is 4.93. The standard InChI is InChI=1S/C12H17N5O2/c1-12(2)3-10(18)17(11(19)4-12)7-8-5-15-9(16-13)6-14-8/h5-6H,3-4,7,13H2,1-2H3,(H,15,16). The van der Waals surface area contributed by atoms with Crippen molar-refractivity contribution in [3.8, 4) is 0 Å². The van der Waals surface area contributed by atoms with Crippen LogP contribution in [-0.2, 0) is 16.1 Å². The number of likely N-dealkylation sites (tertiary alicyclic amines) is 1. The number of nitrogens with zero attached hydrogens (tertiary/aromatic N) is 3. The number of piperidine rings is 1. The largest absolute Gasteiger partial charge is 0.307 e. The predicted molar refractivity (Wildman–Crippen MR) is 68.4 cm³/mol. The van der Waals surface area contributed by atoms with Crippen LogP contribution in [0.4, 0.5) is 5.82 Å². The highest BCUT2D eigenvalue weighted by atomic mass is 16.2. The van der Waals surface area contributed by atoms with Gasteiger partial charge in [0.2, 0.25) is 11.8 Å². The molecular weight excluding hydrogens is 246 g/mol. The first-order chi connectivity index (χ1) is 8.91. The van der Waals surface area contributed by atoms with Crippen molar-refractivity contribution in [3.63, 3.8) is 0 Å². The van der Waals surface area contributed by atoms with Crippen molar-refractivity contribution in [1.82, 2.24) is 14.9 Å². The minimum atomic E-state index is -0.260. The van der Waals surface area contributed by atoms with Crippen molar-refractivity contribution in [1.29, 1.82) is 0 Å². The zero-order valence-electron chi connectivity index (χ0n) is 11.0. The van der Waals surface area contributed by atoms with E-state index < -0.39 is 0 Å². The fraction of sp³-hybridized carbons (Fsp3) is 0.500. The molecule has 2 heterocycles. The van der Waals surface area contributed by atoms with Crippen molar-refractivity contribution in [2.45, 2.75) is 33.2 Å². The molecule has 7 heteroatoms. The molecule has 0 bridgehead atoms. The maximum absolute atomic E-state index is 12.0. The number of nitrogen functional groups attached to an aromatic ring is 1. The fourth-order valence-corrected chi connectivity index (χ4v) is 2.06. The number of carbonyl (C=O) groups is 2. The Morgan fingerprint density at radius 1 is 1.26 bits per heavy atom. The summed E-state index contributed by atoms with van der Waals surface area (Å²) >= 11 is 0. The van der Waals surface area contributed by atoms with Crippen LogP contribution < -0.4 is 11.3 Å². The summed E-state index contributed by atoms with van der Waals surface area (Å²) in [5.74, 6) is 5.29. The highest BCUT2D eigenvalue weighted by Gasteiger charge is 2.37. The van der Waals surface area contributed by atoms with Crippen LogP contribution in [0.25, 0.3) is 0 Å². The van der Waals surface area contributed by atoms with Gasteiger partial charge in [0.25, 0.3) is 0 Å². The van der Waals surface area contributed by atoms with Gasteiger partial charge in [0.1, 0.15) is 0 Å². The van der Waals surface area contributed by atoms with Crippen molar-refractivity contribution in [3.05, 3.63) is 18.1 Å². The van der Waals surface area contributed by atoms with Gasteiger partial charge in [-0.2, -0.15) is 0 Å². The molecule has 0 aliphatic carbocycles. The Morgan fingerprint density at radius 2 is 1.89 bits per heavy atom. The summed E-state index contributed by atoms with van der Waals surface area (Å²) in [4.78, 5) is 33.3. The highest BCUT2D eigenvalue weighted by molar-refractivity contribution is 5.98. The summed E-state index contributed by atoms with van der Waals surface area (Å²) < 4.78 is 0. The van der Waals surface area contributed by atoms with Crippen LogP contribution in [-0.4, -0.2) is 26.7 Å². The first kappa shape index (κ1) is 13.4. The number of rotatable bonds is 3. The normalized spacial score (nSPS) is 18.6. The number of carbonyl (C=O) groups excluding carboxylic acids is 2. The molecule has 1 aliphatic heterocycles. The summed E-state index contributed by atoms with van der Waals surface area (Å²) in [6.45, 7) is 3.99. The quantitative estimate of drug-likeness (QED) is 0.466. The number of hydrogen-bond acceptors (Lipinski definition) is 6. The van der Waals surface area contributed by atoms with E-state index in [9.17, 15) is 9.59 Å². The molecule has 2 rings (SSSR count). The summed E-state index contributed by atoms with van der Waals surface area (Å²) in [6, 6.07) is 0. The summed E-state index contributed by atoms with van der Waals surface area (Å²) in [5, 5.41) is 0. The Hall–Kier alpha value is -2.02. The van der Waals surface area contributed by atoms with Crippen LogP contribution in [0, 0.1) is 5.41 Å². The van der Waals surface area contributed by atoms with Crippen LogP contribution in [0.2, 0.25) is 0 Å². The summed E-state index contributed by atoms with van der Waals surface area (Å²) in [7, 11) is 0. The minimum Gasteiger partial charge on any atom is -0.307 e. The van der Waals surface area contributed by atoms with Gasteiger partial charge in [-0.3, -0.25) is 19.5 Å². The molecule has 0 radical (unpaired) electrons. The van der Waals surface area contributed by atoms with Gasteiger partial charge in [-0.05, 0) is 5.41 Å². The van der Waals surface area contributed by atoms with E-state index in [-0.39, 0.29) is 23.8 Å². The molecule has 19 heavy (non-hydrogen) atoms. The van der Waals surface area contributed by atoms with Crippen LogP contribution in [0.3, 0.4) is 0 Å². The third-order valence-electron chi connectivity index (χ3n) is 3.03. The Labute approximate surface area is 111 Å². The van der Waals surface area contributed by atoms with Crippen LogP contribution in [0.5, 0.6) is 0 Å². The molecule has 1 aliphatic rings. The van der Waals surface area contributed by atoms with Gasteiger partial charge in [0.05, 0.1) is 24.6 Å². The van der Waals surface area contributed by atoms with Crippen molar-refractivity contribution >= 4 is 17.6 Å². The zero-order chi connectivity index (χ0) is 14.0. The summed E-state index contributed by atoms with van der Waals surface area (Å²) in [6.07, 6.45) is 3.69. The fourth-order valence-electron chi connectivity index (χ4n) is 2.06. The highest BCUT2D eigenvalue weighted by Crippen LogP contribution is 2.31. The van der Waals surface area contributed by atoms with Crippen molar-refractivity contribution in [2.24, 2.45) is 11.3 Å². The average Bonchev–Trinajstić information content (AvgIpc) is 2.33. The van der Waals surface area contributed by atoms with Gasteiger partial charge >= 0.3 is 0 Å². The molecule has 102 valence electrons. The number of nitrogens with one attached hydrogen (secondary N) is 1. The van der Waals surface area contributed by atoms with Gasteiger partial charge in [-0.25, -0.2) is 10.8 Å². The number of nitrogens with two attached hydrogens (primary N) is 1. The number of imide groups is 1. The molecule has 0 saturated carbocycles. The number of anilines is 1. The molecule has 1 aromatic heterocycles. The number of hydrogen-bond donors (Lipinski definition) is 2. The van der Waals surface area contributed by atoms with Crippen LogP contribution in [0.1, 0.15) is 32.4 Å². The lowest BCUT2D eigenvalue weighted by atomic mass is 9.82. The SMILES string of the molecule is CC1(C)CC(=O)N(Cc2cnc(NN)cn2)C(=O)C1. The van der Waals surface area contributed by atoms with E-state index in [0.717, 1.165) is 0 Å². The first-order valence-corrected chi connectivity index (χ1v) is 6.02. The molecule has 3 N–H and O–H groups in total. The van der Waals surface area contributed by atoms with E-state index in [2.05, 4.69) is 15.4 Å². The second-order valence-corrected chi connectivity index (χ2v) is 5.43. The van der Waals surface area contributed by atoms with Gasteiger partial charge in [0.15, 0.2) is 5.82 Å². The molecule has 1 fully saturated rings. The first-order valence-electron chi connectivity index (χ1n) is 6.02. The molecule has 1 saturated heterocycles. The molecule has 2 amide bonds. The average molecular weight is 263 g/mol. The zero-order valence-corrected chi connectivity index (χ0v) is 11.0. The molecule has 7 nitrogen and oxygen atoms in total. The van der Waals surface area contributed by atoms with E-state index >= 15 is 0 Å². The Morgan fingerprint density at radius 3 is 2.37 bits per heavy atom. The van der Waals surface area contributed by atoms with E-state index in [0.29, 0.717) is 24.4 Å². The predicted octanol–water partition coefficient (Wildman–Crippen LogP) is 0.437. The van der Waals surface area contributed by atoms with E-state index in [1.807, 2.05) is 13.8 Å². The molecular formula is C12H17N5O2. The van der Waals surface area contributed by atoms with Crippen molar-refractivity contribution in [2.75, 3.05) is 5.43 Å². The van der Waals surface area contributed by atoms with E-state index in [1.54, 1.807) is 0 Å². The maximum Gasteiger partial charge on any atom is 0.230 e. The van der Waals surface area contributed by atoms with Crippen LogP contribution in [0.15, 0.2) is 12.4 Å². The van der Waals surface area contributed by atoms with Crippen LogP contribution >= 0.6 is 0 Å². The summed E-state index contributed by atoms with van der Waals surface area (Å²) in [5.41, 5.74) is 2.66.